The number of hydrogen-bond donors (Lipinski definition) is 1. The fourth-order valence-corrected chi connectivity index (χ4v) is 5.50. The average Bonchev–Trinajstić information content (AvgIpc) is 3.40. The number of furan rings is 1. The molecule has 4 aromatic rings. The summed E-state index contributed by atoms with van der Waals surface area (Å²) in [5, 5.41) is 8.07. The van der Waals surface area contributed by atoms with E-state index in [1.807, 2.05) is 0 Å². The van der Waals surface area contributed by atoms with Crippen molar-refractivity contribution in [2.75, 3.05) is 18.9 Å². The Morgan fingerprint density at radius 3 is 2.14 bits per heavy atom. The van der Waals surface area contributed by atoms with Crippen LogP contribution in [0.2, 0.25) is 15.1 Å². The van der Waals surface area contributed by atoms with E-state index < -0.39 is 10.0 Å². The third-order valence-corrected chi connectivity index (χ3v) is 7.48. The number of rotatable bonds is 7. The Morgan fingerprint density at radius 1 is 0.857 bits per heavy atom. The molecule has 2 aromatic heterocycles. The molecule has 2 aromatic carbocycles. The zero-order valence-electron chi connectivity index (χ0n) is 18.8. The lowest BCUT2D eigenvalue weighted by Gasteiger charge is -2.15. The maximum Gasteiger partial charge on any atom is 0.263 e. The van der Waals surface area contributed by atoms with Crippen molar-refractivity contribution in [3.8, 4) is 34.4 Å². The summed E-state index contributed by atoms with van der Waals surface area (Å²) in [6.45, 7) is 3.55. The van der Waals surface area contributed by atoms with Crippen molar-refractivity contribution in [1.29, 1.82) is 0 Å². The molecule has 0 amide bonds. The normalized spacial score (nSPS) is 11.5. The molecule has 0 saturated carbocycles. The summed E-state index contributed by atoms with van der Waals surface area (Å²) in [5.41, 5.74) is 0.811. The molecular formula is C22H18Cl3N3O6S. The first-order valence-corrected chi connectivity index (χ1v) is 12.5. The molecule has 0 atom stereocenters. The highest BCUT2D eigenvalue weighted by atomic mass is 35.5. The summed E-state index contributed by atoms with van der Waals surface area (Å²) in [6.07, 6.45) is 0. The van der Waals surface area contributed by atoms with Crippen molar-refractivity contribution in [2.45, 2.75) is 18.7 Å². The van der Waals surface area contributed by atoms with Crippen molar-refractivity contribution in [3.63, 3.8) is 0 Å². The highest BCUT2D eigenvalue weighted by molar-refractivity contribution is 7.92. The topological polar surface area (TPSA) is 117 Å². The molecule has 0 aliphatic rings. The number of ether oxygens (including phenoxy) is 2. The molecule has 0 fully saturated rings. The summed E-state index contributed by atoms with van der Waals surface area (Å²) < 4.78 is 50.6. The van der Waals surface area contributed by atoms with Crippen molar-refractivity contribution >= 4 is 50.5 Å². The second-order valence-electron chi connectivity index (χ2n) is 7.30. The summed E-state index contributed by atoms with van der Waals surface area (Å²) >= 11 is 18.9. The Labute approximate surface area is 216 Å². The van der Waals surface area contributed by atoms with E-state index in [1.165, 1.54) is 38.5 Å². The maximum atomic E-state index is 13.3. The van der Waals surface area contributed by atoms with Crippen molar-refractivity contribution in [3.05, 3.63) is 56.9 Å². The van der Waals surface area contributed by atoms with Crippen LogP contribution in [0.3, 0.4) is 0 Å². The zero-order chi connectivity index (χ0) is 25.5. The van der Waals surface area contributed by atoms with Gasteiger partial charge in [0.1, 0.15) is 32.9 Å². The van der Waals surface area contributed by atoms with E-state index in [2.05, 4.69) is 14.9 Å². The largest absolute Gasteiger partial charge is 0.497 e. The van der Waals surface area contributed by atoms with Crippen molar-refractivity contribution < 1.29 is 26.7 Å². The van der Waals surface area contributed by atoms with Gasteiger partial charge in [0.25, 0.3) is 15.9 Å². The molecule has 184 valence electrons. The third-order valence-electron chi connectivity index (χ3n) is 4.95. The van der Waals surface area contributed by atoms with Crippen LogP contribution >= 0.6 is 34.8 Å². The first-order chi connectivity index (χ1) is 16.5. The van der Waals surface area contributed by atoms with Gasteiger partial charge in [0, 0.05) is 12.1 Å². The molecule has 0 aliphatic heterocycles. The van der Waals surface area contributed by atoms with E-state index in [-0.39, 0.29) is 48.7 Å². The summed E-state index contributed by atoms with van der Waals surface area (Å²) in [4.78, 5) is -0.286. The molecule has 0 aliphatic carbocycles. The van der Waals surface area contributed by atoms with Crippen LogP contribution < -0.4 is 14.2 Å². The van der Waals surface area contributed by atoms with Gasteiger partial charge in [-0.15, -0.1) is 10.2 Å². The van der Waals surface area contributed by atoms with Gasteiger partial charge >= 0.3 is 0 Å². The van der Waals surface area contributed by atoms with E-state index in [9.17, 15) is 8.42 Å². The standard InChI is InChI=1S/C22H18Cl3N3O6S/c1-10-5-13(11(2)33-10)21-26-27-22(34-21)14-8-19(16(24)9-15(14)23)35(29,30)28-17-6-12(31-3)7-18(32-4)20(17)25/h5-9,28H,1-4H3. The van der Waals surface area contributed by atoms with Crippen molar-refractivity contribution in [1.82, 2.24) is 10.2 Å². The van der Waals surface area contributed by atoms with Crippen LogP contribution in [0.4, 0.5) is 5.69 Å². The SMILES string of the molecule is COc1cc(NS(=O)(=O)c2cc(-c3nnc(-c4cc(C)oc4C)o3)c(Cl)cc2Cl)c(Cl)c(OC)c1. The van der Waals surface area contributed by atoms with Gasteiger partial charge in [-0.3, -0.25) is 4.72 Å². The number of nitrogens with zero attached hydrogens (tertiary/aromatic N) is 2. The molecule has 1 N–H and O–H groups in total. The van der Waals surface area contributed by atoms with E-state index in [0.29, 0.717) is 22.8 Å². The number of benzene rings is 2. The van der Waals surface area contributed by atoms with Crippen LogP contribution in [0.1, 0.15) is 11.5 Å². The highest BCUT2D eigenvalue weighted by Crippen LogP contribution is 2.40. The summed E-state index contributed by atoms with van der Waals surface area (Å²) in [6, 6.07) is 7.19. The number of methoxy groups -OCH3 is 2. The summed E-state index contributed by atoms with van der Waals surface area (Å²) in [5.74, 6) is 2.01. The zero-order valence-corrected chi connectivity index (χ0v) is 21.9. The van der Waals surface area contributed by atoms with Crippen LogP contribution in [-0.4, -0.2) is 32.8 Å². The molecule has 0 bridgehead atoms. The van der Waals surface area contributed by atoms with Gasteiger partial charge in [-0.25, -0.2) is 8.42 Å². The lowest BCUT2D eigenvalue weighted by Crippen LogP contribution is -2.14. The van der Waals surface area contributed by atoms with E-state index >= 15 is 0 Å². The fraction of sp³-hybridized carbons (Fsp3) is 0.182. The smallest absolute Gasteiger partial charge is 0.263 e. The molecule has 35 heavy (non-hydrogen) atoms. The minimum Gasteiger partial charge on any atom is -0.497 e. The number of nitrogens with one attached hydrogen (secondary N) is 1. The monoisotopic (exact) mass is 557 g/mol. The second-order valence-corrected chi connectivity index (χ2v) is 10.1. The summed E-state index contributed by atoms with van der Waals surface area (Å²) in [7, 11) is -1.43. The van der Waals surface area contributed by atoms with Gasteiger partial charge in [0.15, 0.2) is 0 Å². The Kier molecular flexibility index (Phi) is 6.92. The highest BCUT2D eigenvalue weighted by Gasteiger charge is 2.25. The Bertz CT molecular complexity index is 1530. The van der Waals surface area contributed by atoms with Crippen molar-refractivity contribution in [2.24, 2.45) is 0 Å². The molecule has 9 nitrogen and oxygen atoms in total. The molecule has 0 radical (unpaired) electrons. The Morgan fingerprint density at radius 2 is 1.54 bits per heavy atom. The van der Waals surface area contributed by atoms with Gasteiger partial charge in [0.2, 0.25) is 5.89 Å². The molecular weight excluding hydrogens is 541 g/mol. The van der Waals surface area contributed by atoms with Crippen LogP contribution in [-0.2, 0) is 10.0 Å². The van der Waals surface area contributed by atoms with Gasteiger partial charge < -0.3 is 18.3 Å². The molecule has 4 rings (SSSR count). The molecule has 0 saturated heterocycles. The van der Waals surface area contributed by atoms with E-state index in [0.717, 1.165) is 0 Å². The van der Waals surface area contributed by atoms with Crippen LogP contribution in [0.25, 0.3) is 22.9 Å². The quantitative estimate of drug-likeness (QED) is 0.277. The average molecular weight is 559 g/mol. The van der Waals surface area contributed by atoms with Gasteiger partial charge in [0.05, 0.1) is 41.1 Å². The first kappa shape index (κ1) is 25.2. The van der Waals surface area contributed by atoms with E-state index in [4.69, 9.17) is 53.1 Å². The number of aromatic nitrogens is 2. The van der Waals surface area contributed by atoms with Crippen LogP contribution in [0.15, 0.2) is 44.1 Å². The first-order valence-electron chi connectivity index (χ1n) is 9.88. The maximum absolute atomic E-state index is 13.3. The number of sulfonamides is 1. The molecule has 0 spiro atoms. The second kappa shape index (κ2) is 9.62. The third kappa shape index (κ3) is 4.92. The molecule has 0 unspecified atom stereocenters. The number of halogens is 3. The predicted molar refractivity (Wildman–Crippen MR) is 132 cm³/mol. The fourth-order valence-electron chi connectivity index (χ4n) is 3.30. The van der Waals surface area contributed by atoms with Gasteiger partial charge in [-0.2, -0.15) is 0 Å². The number of anilines is 1. The Hall–Kier alpha value is -2.92. The minimum absolute atomic E-state index is 0.00236. The van der Waals surface area contributed by atoms with Gasteiger partial charge in [-0.05, 0) is 32.0 Å². The van der Waals surface area contributed by atoms with Crippen LogP contribution in [0.5, 0.6) is 11.5 Å². The van der Waals surface area contributed by atoms with Gasteiger partial charge in [-0.1, -0.05) is 34.8 Å². The lowest BCUT2D eigenvalue weighted by atomic mass is 10.2. The predicted octanol–water partition coefficient (Wildman–Crippen LogP) is 6.39. The minimum atomic E-state index is -4.25. The lowest BCUT2D eigenvalue weighted by molar-refractivity contribution is 0.395. The van der Waals surface area contributed by atoms with E-state index in [1.54, 1.807) is 19.9 Å². The molecule has 2 heterocycles. The Balaban J connectivity index is 1.75. The van der Waals surface area contributed by atoms with Crippen LogP contribution in [0, 0.1) is 13.8 Å². The number of hydrogen-bond acceptors (Lipinski definition) is 8. The molecule has 13 heteroatoms. The number of aryl methyl sites for hydroxylation is 2.